The van der Waals surface area contributed by atoms with E-state index in [1.165, 1.54) is 0 Å². The highest BCUT2D eigenvalue weighted by atomic mass is 16.4. The molecule has 0 spiro atoms. The van der Waals surface area contributed by atoms with Gasteiger partial charge in [-0.1, -0.05) is 20.8 Å². The van der Waals surface area contributed by atoms with Gasteiger partial charge in [0.05, 0.1) is 0 Å². The Morgan fingerprint density at radius 2 is 1.54 bits per heavy atom. The van der Waals surface area contributed by atoms with E-state index in [-0.39, 0.29) is 11.4 Å². The minimum atomic E-state index is -0.968. The topological polar surface area (TPSA) is 86.9 Å². The van der Waals surface area contributed by atoms with Crippen LogP contribution >= 0.6 is 0 Å². The SMILES string of the molecule is CN(CCN(CCCCC(N)C(=O)O)C(=O)C(C)(C)C)C(C)(C)C. The number of unbranched alkanes of at least 4 members (excludes halogenated alkanes) is 1. The molecule has 0 fully saturated rings. The summed E-state index contributed by atoms with van der Waals surface area (Å²) in [6, 6.07) is -0.816. The number of carboxylic acids is 1. The van der Waals surface area contributed by atoms with Crippen molar-refractivity contribution in [1.29, 1.82) is 0 Å². The Balaban J connectivity index is 4.61. The van der Waals surface area contributed by atoms with Gasteiger partial charge >= 0.3 is 5.97 Å². The number of nitrogens with two attached hydrogens (primary N) is 1. The van der Waals surface area contributed by atoms with Crippen molar-refractivity contribution in [3.8, 4) is 0 Å². The summed E-state index contributed by atoms with van der Waals surface area (Å²) in [5.74, 6) is -0.836. The van der Waals surface area contributed by atoms with Gasteiger partial charge in [-0.3, -0.25) is 14.5 Å². The molecule has 6 heteroatoms. The van der Waals surface area contributed by atoms with Crippen LogP contribution in [-0.4, -0.2) is 65.0 Å². The quantitative estimate of drug-likeness (QED) is 0.627. The minimum absolute atomic E-state index is 0.0602. The third-order valence-electron chi connectivity index (χ3n) is 4.29. The summed E-state index contributed by atoms with van der Waals surface area (Å²) < 4.78 is 0. The van der Waals surface area contributed by atoms with E-state index in [1.807, 2.05) is 25.7 Å². The van der Waals surface area contributed by atoms with E-state index in [0.717, 1.165) is 13.0 Å². The molecule has 6 nitrogen and oxygen atoms in total. The zero-order valence-electron chi connectivity index (χ0n) is 16.6. The lowest BCUT2D eigenvalue weighted by atomic mass is 9.94. The molecule has 0 heterocycles. The standard InChI is InChI=1S/C18H37N3O3/c1-17(2,3)16(24)21(13-12-20(7)18(4,5)6)11-9-8-10-14(19)15(22)23/h14H,8-13,19H2,1-7H3,(H,22,23). The molecule has 1 unspecified atom stereocenters. The molecule has 0 aliphatic heterocycles. The zero-order chi connectivity index (χ0) is 19.1. The van der Waals surface area contributed by atoms with Gasteiger partial charge in [0.25, 0.3) is 0 Å². The van der Waals surface area contributed by atoms with E-state index < -0.39 is 17.4 Å². The third-order valence-corrected chi connectivity index (χ3v) is 4.29. The van der Waals surface area contributed by atoms with Crippen LogP contribution in [0.3, 0.4) is 0 Å². The van der Waals surface area contributed by atoms with E-state index in [0.29, 0.717) is 25.9 Å². The van der Waals surface area contributed by atoms with Gasteiger partial charge in [-0.25, -0.2) is 0 Å². The van der Waals surface area contributed by atoms with E-state index in [4.69, 9.17) is 10.8 Å². The molecule has 0 rings (SSSR count). The van der Waals surface area contributed by atoms with Crippen LogP contribution in [0.2, 0.25) is 0 Å². The lowest BCUT2D eigenvalue weighted by Crippen LogP contribution is -2.47. The minimum Gasteiger partial charge on any atom is -0.480 e. The second-order valence-electron chi connectivity index (χ2n) is 8.58. The summed E-state index contributed by atoms with van der Waals surface area (Å²) in [5.41, 5.74) is 5.16. The number of carboxylic acid groups (broad SMARTS) is 1. The van der Waals surface area contributed by atoms with Gasteiger partial charge in [0, 0.05) is 30.6 Å². The highest BCUT2D eigenvalue weighted by Crippen LogP contribution is 2.19. The van der Waals surface area contributed by atoms with Crippen LogP contribution in [0.4, 0.5) is 0 Å². The Bertz CT molecular complexity index is 411. The lowest BCUT2D eigenvalue weighted by Gasteiger charge is -2.35. The molecule has 0 saturated carbocycles. The maximum absolute atomic E-state index is 12.7. The molecule has 0 aliphatic rings. The molecule has 0 aromatic carbocycles. The molecule has 0 bridgehead atoms. The van der Waals surface area contributed by atoms with Gasteiger partial charge in [-0.2, -0.15) is 0 Å². The van der Waals surface area contributed by atoms with Crippen LogP contribution in [0.5, 0.6) is 0 Å². The number of hydrogen-bond donors (Lipinski definition) is 2. The molecule has 24 heavy (non-hydrogen) atoms. The average molecular weight is 344 g/mol. The molecular weight excluding hydrogens is 306 g/mol. The van der Waals surface area contributed by atoms with Gasteiger partial charge < -0.3 is 15.7 Å². The Hall–Kier alpha value is -1.14. The number of nitrogens with zero attached hydrogens (tertiary/aromatic N) is 2. The van der Waals surface area contributed by atoms with E-state index in [9.17, 15) is 9.59 Å². The van der Waals surface area contributed by atoms with Gasteiger partial charge in [-0.05, 0) is 47.1 Å². The largest absolute Gasteiger partial charge is 0.480 e. The van der Waals surface area contributed by atoms with Crippen molar-refractivity contribution in [3.05, 3.63) is 0 Å². The van der Waals surface area contributed by atoms with Crippen LogP contribution in [0.15, 0.2) is 0 Å². The molecule has 0 saturated heterocycles. The summed E-state index contributed by atoms with van der Waals surface area (Å²) in [7, 11) is 2.06. The van der Waals surface area contributed by atoms with Crippen molar-refractivity contribution < 1.29 is 14.7 Å². The van der Waals surface area contributed by atoms with Gasteiger partial charge in [0.15, 0.2) is 0 Å². The monoisotopic (exact) mass is 343 g/mol. The molecule has 0 radical (unpaired) electrons. The van der Waals surface area contributed by atoms with E-state index in [2.05, 4.69) is 32.7 Å². The first-order valence-corrected chi connectivity index (χ1v) is 8.76. The van der Waals surface area contributed by atoms with Crippen molar-refractivity contribution in [2.24, 2.45) is 11.1 Å². The van der Waals surface area contributed by atoms with Gasteiger partial charge in [0.2, 0.25) is 5.91 Å². The zero-order valence-corrected chi connectivity index (χ0v) is 16.6. The maximum Gasteiger partial charge on any atom is 0.320 e. The van der Waals surface area contributed by atoms with Crippen molar-refractivity contribution >= 4 is 11.9 Å². The number of amides is 1. The normalized spacial score (nSPS) is 13.9. The smallest absolute Gasteiger partial charge is 0.320 e. The predicted octanol–water partition coefficient (Wildman–Crippen LogP) is 2.17. The predicted molar refractivity (Wildman–Crippen MR) is 97.9 cm³/mol. The second kappa shape index (κ2) is 9.37. The molecule has 142 valence electrons. The lowest BCUT2D eigenvalue weighted by molar-refractivity contribution is -0.140. The molecule has 0 aromatic rings. The van der Waals surface area contributed by atoms with Crippen LogP contribution in [0.25, 0.3) is 0 Å². The Morgan fingerprint density at radius 1 is 1.00 bits per heavy atom. The number of carbonyl (C=O) groups excluding carboxylic acids is 1. The number of carbonyl (C=O) groups is 2. The summed E-state index contributed by atoms with van der Waals surface area (Å²) in [6.07, 6.45) is 1.91. The molecule has 1 atom stereocenters. The Kier molecular flexibility index (Phi) is 8.93. The molecule has 0 aliphatic carbocycles. The fraction of sp³-hybridized carbons (Fsp3) is 0.889. The van der Waals surface area contributed by atoms with Crippen molar-refractivity contribution in [2.45, 2.75) is 72.4 Å². The van der Waals surface area contributed by atoms with Crippen LogP contribution < -0.4 is 5.73 Å². The second-order valence-corrected chi connectivity index (χ2v) is 8.58. The fourth-order valence-electron chi connectivity index (χ4n) is 2.19. The summed E-state index contributed by atoms with van der Waals surface area (Å²) in [5, 5.41) is 8.81. The summed E-state index contributed by atoms with van der Waals surface area (Å²) >= 11 is 0. The van der Waals surface area contributed by atoms with Crippen molar-refractivity contribution in [3.63, 3.8) is 0 Å². The number of hydrogen-bond acceptors (Lipinski definition) is 4. The summed E-state index contributed by atoms with van der Waals surface area (Å²) in [4.78, 5) is 27.5. The van der Waals surface area contributed by atoms with Crippen LogP contribution in [0.1, 0.15) is 60.8 Å². The molecule has 1 amide bonds. The van der Waals surface area contributed by atoms with Crippen molar-refractivity contribution in [1.82, 2.24) is 9.80 Å². The highest BCUT2D eigenvalue weighted by molar-refractivity contribution is 5.81. The third kappa shape index (κ3) is 8.64. The van der Waals surface area contributed by atoms with E-state index in [1.54, 1.807) is 0 Å². The molecule has 0 aromatic heterocycles. The van der Waals surface area contributed by atoms with E-state index >= 15 is 0 Å². The van der Waals surface area contributed by atoms with Gasteiger partial charge in [0.1, 0.15) is 6.04 Å². The highest BCUT2D eigenvalue weighted by Gasteiger charge is 2.28. The first kappa shape index (κ1) is 22.9. The Morgan fingerprint density at radius 3 is 1.96 bits per heavy atom. The molecule has 3 N–H and O–H groups in total. The number of likely N-dealkylation sites (N-methyl/N-ethyl adjacent to an activating group) is 1. The van der Waals surface area contributed by atoms with Gasteiger partial charge in [-0.15, -0.1) is 0 Å². The fourth-order valence-corrected chi connectivity index (χ4v) is 2.19. The maximum atomic E-state index is 12.7. The number of rotatable bonds is 9. The summed E-state index contributed by atoms with van der Waals surface area (Å²) in [6.45, 7) is 14.3. The number of aliphatic carboxylic acids is 1. The van der Waals surface area contributed by atoms with Crippen LogP contribution in [0, 0.1) is 5.41 Å². The average Bonchev–Trinajstić information content (AvgIpc) is 2.42. The van der Waals surface area contributed by atoms with Crippen LogP contribution in [-0.2, 0) is 9.59 Å². The van der Waals surface area contributed by atoms with Crippen molar-refractivity contribution in [2.75, 3.05) is 26.7 Å². The first-order chi connectivity index (χ1) is 10.8. The Labute approximate surface area is 147 Å². The first-order valence-electron chi connectivity index (χ1n) is 8.76. The molecular formula is C18H37N3O3.